The summed E-state index contributed by atoms with van der Waals surface area (Å²) in [6.07, 6.45) is 0.994. The molecular weight excluding hydrogens is 140 g/mol. The van der Waals surface area contributed by atoms with Crippen LogP contribution in [-0.4, -0.2) is 14.9 Å². The molecule has 0 unspecified atom stereocenters. The molecule has 0 saturated carbocycles. The minimum absolute atomic E-state index is 0.310. The molecule has 0 fully saturated rings. The molecular formula is C8H14N2O. The summed E-state index contributed by atoms with van der Waals surface area (Å²) in [6.45, 7) is 6.64. The predicted octanol–water partition coefficient (Wildman–Crippen LogP) is 1.62. The first-order valence-corrected chi connectivity index (χ1v) is 3.89. The molecule has 0 aliphatic carbocycles. The molecule has 0 aliphatic rings. The Kier molecular flexibility index (Phi) is 2.17. The summed E-state index contributed by atoms with van der Waals surface area (Å²) in [7, 11) is 0. The van der Waals surface area contributed by atoms with Crippen molar-refractivity contribution in [3.05, 3.63) is 11.3 Å². The first-order valence-electron chi connectivity index (χ1n) is 3.89. The fourth-order valence-electron chi connectivity index (χ4n) is 1.03. The Morgan fingerprint density at radius 3 is 2.45 bits per heavy atom. The van der Waals surface area contributed by atoms with Crippen molar-refractivity contribution in [1.29, 1.82) is 0 Å². The topological polar surface area (TPSA) is 38.0 Å². The van der Waals surface area contributed by atoms with Crippen molar-refractivity contribution in [2.24, 2.45) is 0 Å². The SMILES string of the molecule is CCCn1nc(C)c(C)c1O. The summed E-state index contributed by atoms with van der Waals surface area (Å²) in [5.74, 6) is 0.310. The van der Waals surface area contributed by atoms with Crippen LogP contribution in [0.15, 0.2) is 0 Å². The third-order valence-corrected chi connectivity index (χ3v) is 1.83. The van der Waals surface area contributed by atoms with Crippen molar-refractivity contribution in [3.63, 3.8) is 0 Å². The third-order valence-electron chi connectivity index (χ3n) is 1.83. The number of aryl methyl sites for hydroxylation is 2. The molecule has 0 saturated heterocycles. The molecule has 11 heavy (non-hydrogen) atoms. The van der Waals surface area contributed by atoms with E-state index < -0.39 is 0 Å². The van der Waals surface area contributed by atoms with Crippen molar-refractivity contribution < 1.29 is 5.11 Å². The normalized spacial score (nSPS) is 10.5. The van der Waals surface area contributed by atoms with Crippen LogP contribution in [0, 0.1) is 13.8 Å². The summed E-state index contributed by atoms with van der Waals surface area (Å²) in [6, 6.07) is 0. The zero-order valence-electron chi connectivity index (χ0n) is 7.26. The fraction of sp³-hybridized carbons (Fsp3) is 0.625. The Hall–Kier alpha value is -0.990. The molecule has 1 N–H and O–H groups in total. The van der Waals surface area contributed by atoms with Crippen molar-refractivity contribution in [2.45, 2.75) is 33.7 Å². The van der Waals surface area contributed by atoms with Crippen LogP contribution in [-0.2, 0) is 6.54 Å². The van der Waals surface area contributed by atoms with E-state index in [1.54, 1.807) is 4.68 Å². The highest BCUT2D eigenvalue weighted by Gasteiger charge is 2.07. The Balaban J connectivity index is 2.98. The molecule has 0 radical (unpaired) electrons. The van der Waals surface area contributed by atoms with Gasteiger partial charge in [0, 0.05) is 12.1 Å². The van der Waals surface area contributed by atoms with E-state index in [4.69, 9.17) is 0 Å². The van der Waals surface area contributed by atoms with E-state index in [1.807, 2.05) is 13.8 Å². The number of aromatic nitrogens is 2. The highest BCUT2D eigenvalue weighted by molar-refractivity contribution is 5.27. The van der Waals surface area contributed by atoms with Gasteiger partial charge in [-0.2, -0.15) is 5.10 Å². The third kappa shape index (κ3) is 1.37. The van der Waals surface area contributed by atoms with Crippen LogP contribution >= 0.6 is 0 Å². The van der Waals surface area contributed by atoms with Gasteiger partial charge in [0.25, 0.3) is 0 Å². The maximum Gasteiger partial charge on any atom is 0.212 e. The van der Waals surface area contributed by atoms with Crippen LogP contribution in [0.5, 0.6) is 5.88 Å². The Morgan fingerprint density at radius 1 is 1.45 bits per heavy atom. The second-order valence-electron chi connectivity index (χ2n) is 2.76. The summed E-state index contributed by atoms with van der Waals surface area (Å²) in [5.41, 5.74) is 1.80. The lowest BCUT2D eigenvalue weighted by Gasteiger charge is -1.98. The van der Waals surface area contributed by atoms with E-state index in [2.05, 4.69) is 12.0 Å². The Morgan fingerprint density at radius 2 is 2.09 bits per heavy atom. The molecule has 0 aromatic carbocycles. The van der Waals surface area contributed by atoms with Gasteiger partial charge in [0.2, 0.25) is 5.88 Å². The molecule has 1 rings (SSSR count). The number of hydrogen-bond acceptors (Lipinski definition) is 2. The average molecular weight is 154 g/mol. The lowest BCUT2D eigenvalue weighted by Crippen LogP contribution is -1.97. The second kappa shape index (κ2) is 2.95. The Labute approximate surface area is 66.7 Å². The average Bonchev–Trinajstić information content (AvgIpc) is 2.19. The zero-order valence-corrected chi connectivity index (χ0v) is 7.26. The van der Waals surface area contributed by atoms with E-state index in [-0.39, 0.29) is 0 Å². The predicted molar refractivity (Wildman–Crippen MR) is 43.7 cm³/mol. The molecule has 3 heteroatoms. The first kappa shape index (κ1) is 8.11. The van der Waals surface area contributed by atoms with Crippen LogP contribution in [0.3, 0.4) is 0 Å². The highest BCUT2D eigenvalue weighted by Crippen LogP contribution is 2.18. The summed E-state index contributed by atoms with van der Waals surface area (Å²) < 4.78 is 1.64. The van der Waals surface area contributed by atoms with E-state index in [1.165, 1.54) is 0 Å². The molecule has 0 bridgehead atoms. The molecule has 1 heterocycles. The second-order valence-corrected chi connectivity index (χ2v) is 2.76. The van der Waals surface area contributed by atoms with E-state index in [0.717, 1.165) is 24.2 Å². The number of aromatic hydroxyl groups is 1. The lowest BCUT2D eigenvalue weighted by molar-refractivity contribution is 0.394. The Bertz CT molecular complexity index is 253. The quantitative estimate of drug-likeness (QED) is 0.702. The van der Waals surface area contributed by atoms with Crippen molar-refractivity contribution in [3.8, 4) is 5.88 Å². The molecule has 0 amide bonds. The van der Waals surface area contributed by atoms with Crippen LogP contribution in [0.4, 0.5) is 0 Å². The van der Waals surface area contributed by atoms with Crippen LogP contribution in [0.2, 0.25) is 0 Å². The number of nitrogens with zero attached hydrogens (tertiary/aromatic N) is 2. The maximum absolute atomic E-state index is 9.45. The minimum atomic E-state index is 0.310. The maximum atomic E-state index is 9.45. The van der Waals surface area contributed by atoms with Crippen molar-refractivity contribution in [1.82, 2.24) is 9.78 Å². The van der Waals surface area contributed by atoms with E-state index >= 15 is 0 Å². The van der Waals surface area contributed by atoms with Gasteiger partial charge in [-0.1, -0.05) is 6.92 Å². The zero-order chi connectivity index (χ0) is 8.43. The van der Waals surface area contributed by atoms with Gasteiger partial charge in [0.1, 0.15) is 0 Å². The summed E-state index contributed by atoms with van der Waals surface area (Å²) in [5, 5.41) is 13.6. The van der Waals surface area contributed by atoms with Crippen molar-refractivity contribution >= 4 is 0 Å². The molecule has 0 atom stereocenters. The largest absolute Gasteiger partial charge is 0.493 e. The minimum Gasteiger partial charge on any atom is -0.493 e. The lowest BCUT2D eigenvalue weighted by atomic mass is 10.3. The van der Waals surface area contributed by atoms with Gasteiger partial charge in [0.15, 0.2) is 0 Å². The molecule has 0 spiro atoms. The van der Waals surface area contributed by atoms with E-state index in [9.17, 15) is 5.11 Å². The van der Waals surface area contributed by atoms with Gasteiger partial charge in [-0.3, -0.25) is 0 Å². The van der Waals surface area contributed by atoms with Crippen molar-refractivity contribution in [2.75, 3.05) is 0 Å². The first-order chi connectivity index (χ1) is 5.16. The standard InChI is InChI=1S/C8H14N2O/c1-4-5-10-8(11)6(2)7(3)9-10/h11H,4-5H2,1-3H3. The van der Waals surface area contributed by atoms with Gasteiger partial charge in [0.05, 0.1) is 5.69 Å². The molecule has 3 nitrogen and oxygen atoms in total. The van der Waals surface area contributed by atoms with Gasteiger partial charge in [-0.15, -0.1) is 0 Å². The van der Waals surface area contributed by atoms with Crippen LogP contribution in [0.25, 0.3) is 0 Å². The van der Waals surface area contributed by atoms with Crippen LogP contribution in [0.1, 0.15) is 24.6 Å². The fourth-order valence-corrected chi connectivity index (χ4v) is 1.03. The molecule has 62 valence electrons. The molecule has 0 aliphatic heterocycles. The van der Waals surface area contributed by atoms with Gasteiger partial charge in [-0.25, -0.2) is 4.68 Å². The number of rotatable bonds is 2. The summed E-state index contributed by atoms with van der Waals surface area (Å²) >= 11 is 0. The highest BCUT2D eigenvalue weighted by atomic mass is 16.3. The monoisotopic (exact) mass is 154 g/mol. The summed E-state index contributed by atoms with van der Waals surface area (Å²) in [4.78, 5) is 0. The van der Waals surface area contributed by atoms with Gasteiger partial charge in [-0.05, 0) is 20.3 Å². The van der Waals surface area contributed by atoms with Gasteiger partial charge >= 0.3 is 0 Å². The number of hydrogen-bond donors (Lipinski definition) is 1. The van der Waals surface area contributed by atoms with E-state index in [0.29, 0.717) is 5.88 Å². The smallest absolute Gasteiger partial charge is 0.212 e. The van der Waals surface area contributed by atoms with Crippen LogP contribution < -0.4 is 0 Å². The van der Waals surface area contributed by atoms with Gasteiger partial charge < -0.3 is 5.11 Å². The molecule has 1 aromatic rings. The molecule has 1 aromatic heterocycles.